The third kappa shape index (κ3) is 4.64. The molecule has 0 atom stereocenters. The van der Waals surface area contributed by atoms with Crippen LogP contribution in [0.3, 0.4) is 0 Å². The first-order valence-corrected chi connectivity index (χ1v) is 8.33. The van der Waals surface area contributed by atoms with Crippen molar-refractivity contribution in [3.8, 4) is 0 Å². The van der Waals surface area contributed by atoms with Crippen molar-refractivity contribution >= 4 is 18.1 Å². The van der Waals surface area contributed by atoms with E-state index in [1.54, 1.807) is 0 Å². The first-order chi connectivity index (χ1) is 10.3. The monoisotopic (exact) mass is 325 g/mol. The molecule has 0 radical (unpaired) electrons. The van der Waals surface area contributed by atoms with Crippen molar-refractivity contribution in [2.45, 2.75) is 65.2 Å². The van der Waals surface area contributed by atoms with Crippen molar-refractivity contribution < 1.29 is 4.79 Å². The van der Waals surface area contributed by atoms with E-state index < -0.39 is 0 Å². The molecule has 6 nitrogen and oxygen atoms in total. The molecule has 1 aliphatic rings. The van der Waals surface area contributed by atoms with Crippen LogP contribution in [0.1, 0.15) is 45.9 Å². The van der Waals surface area contributed by atoms with Crippen LogP contribution in [0, 0.1) is 4.77 Å². The number of likely N-dealkylation sites (N-methyl/N-ethyl adjacent to an activating group) is 1. The Balaban J connectivity index is 1.99. The predicted molar refractivity (Wildman–Crippen MR) is 89.1 cm³/mol. The van der Waals surface area contributed by atoms with Crippen LogP contribution in [0.5, 0.6) is 0 Å². The minimum atomic E-state index is -0.208. The number of carbonyl (C=O) groups excluding carboxylic acids is 1. The predicted octanol–water partition coefficient (Wildman–Crippen LogP) is 1.94. The SMILES string of the molecule is CN(CC(=O)NC(C)(C)C)Cn1nc2n(c1=S)CCCCC2. The number of nitrogens with one attached hydrogen (secondary N) is 1. The number of carbonyl (C=O) groups is 1. The molecule has 2 heterocycles. The van der Waals surface area contributed by atoms with Gasteiger partial charge in [-0.05, 0) is 52.9 Å². The highest BCUT2D eigenvalue weighted by molar-refractivity contribution is 7.71. The third-order valence-corrected chi connectivity index (χ3v) is 4.02. The number of rotatable bonds is 4. The van der Waals surface area contributed by atoms with E-state index in [9.17, 15) is 4.79 Å². The molecule has 7 heteroatoms. The van der Waals surface area contributed by atoms with Crippen LogP contribution in [0.25, 0.3) is 0 Å². The van der Waals surface area contributed by atoms with Crippen LogP contribution in [-0.2, 0) is 24.4 Å². The summed E-state index contributed by atoms with van der Waals surface area (Å²) in [4.78, 5) is 13.9. The van der Waals surface area contributed by atoms with E-state index in [0.717, 1.165) is 30.0 Å². The summed E-state index contributed by atoms with van der Waals surface area (Å²) in [6, 6.07) is 0. The summed E-state index contributed by atoms with van der Waals surface area (Å²) >= 11 is 5.53. The van der Waals surface area contributed by atoms with Gasteiger partial charge in [0.05, 0.1) is 13.2 Å². The minimum Gasteiger partial charge on any atom is -0.350 e. The number of fused-ring (bicyclic) bond motifs is 1. The lowest BCUT2D eigenvalue weighted by Crippen LogP contribution is -2.45. The van der Waals surface area contributed by atoms with E-state index in [2.05, 4.69) is 15.0 Å². The number of amides is 1. The quantitative estimate of drug-likeness (QED) is 0.860. The molecule has 22 heavy (non-hydrogen) atoms. The van der Waals surface area contributed by atoms with Gasteiger partial charge >= 0.3 is 0 Å². The largest absolute Gasteiger partial charge is 0.350 e. The average Bonchev–Trinajstić information content (AvgIpc) is 2.56. The van der Waals surface area contributed by atoms with Gasteiger partial charge < -0.3 is 9.88 Å². The highest BCUT2D eigenvalue weighted by atomic mass is 32.1. The summed E-state index contributed by atoms with van der Waals surface area (Å²) in [5.74, 6) is 1.09. The summed E-state index contributed by atoms with van der Waals surface area (Å²) in [6.07, 6.45) is 4.57. The second-order valence-corrected chi connectivity index (χ2v) is 7.48. The highest BCUT2D eigenvalue weighted by Crippen LogP contribution is 2.14. The van der Waals surface area contributed by atoms with Crippen molar-refractivity contribution in [1.29, 1.82) is 0 Å². The molecule has 0 unspecified atom stereocenters. The molecule has 0 saturated carbocycles. The van der Waals surface area contributed by atoms with Gasteiger partial charge in [0.2, 0.25) is 5.91 Å². The van der Waals surface area contributed by atoms with E-state index in [-0.39, 0.29) is 11.4 Å². The lowest BCUT2D eigenvalue weighted by Gasteiger charge is -2.23. The fourth-order valence-electron chi connectivity index (χ4n) is 2.70. The summed E-state index contributed by atoms with van der Waals surface area (Å²) in [7, 11) is 1.91. The first kappa shape index (κ1) is 17.1. The summed E-state index contributed by atoms with van der Waals surface area (Å²) in [5, 5.41) is 7.60. The van der Waals surface area contributed by atoms with Gasteiger partial charge in [0.1, 0.15) is 5.82 Å². The maximum absolute atomic E-state index is 12.0. The van der Waals surface area contributed by atoms with Gasteiger partial charge in [-0.2, -0.15) is 5.10 Å². The second kappa shape index (κ2) is 6.91. The Kier molecular flexibility index (Phi) is 5.39. The van der Waals surface area contributed by atoms with Crippen molar-refractivity contribution in [1.82, 2.24) is 24.6 Å². The van der Waals surface area contributed by atoms with E-state index in [0.29, 0.717) is 13.2 Å². The molecule has 0 saturated heterocycles. The topological polar surface area (TPSA) is 55.1 Å². The fraction of sp³-hybridized carbons (Fsp3) is 0.800. The van der Waals surface area contributed by atoms with Crippen molar-refractivity contribution in [3.63, 3.8) is 0 Å². The first-order valence-electron chi connectivity index (χ1n) is 7.92. The molecule has 1 aromatic rings. The minimum absolute atomic E-state index is 0.0160. The van der Waals surface area contributed by atoms with Gasteiger partial charge in [0.15, 0.2) is 4.77 Å². The summed E-state index contributed by atoms with van der Waals surface area (Å²) in [5.41, 5.74) is -0.208. The molecule has 1 aromatic heterocycles. The van der Waals surface area contributed by atoms with Gasteiger partial charge in [-0.1, -0.05) is 6.42 Å². The van der Waals surface area contributed by atoms with Crippen molar-refractivity contribution in [2.75, 3.05) is 13.6 Å². The van der Waals surface area contributed by atoms with Crippen LogP contribution < -0.4 is 5.32 Å². The maximum Gasteiger partial charge on any atom is 0.234 e. The Morgan fingerprint density at radius 3 is 2.77 bits per heavy atom. The van der Waals surface area contributed by atoms with Gasteiger partial charge in [-0.3, -0.25) is 9.69 Å². The second-order valence-electron chi connectivity index (χ2n) is 7.11. The van der Waals surface area contributed by atoms with Crippen molar-refractivity contribution in [3.05, 3.63) is 10.6 Å². The standard InChI is InChI=1S/C15H27N5OS/c1-15(2,3)16-13(21)10-18(4)11-20-14(22)19-9-7-5-6-8-12(19)17-20/h5-11H2,1-4H3,(H,16,21). The summed E-state index contributed by atoms with van der Waals surface area (Å²) in [6.45, 7) is 7.77. The Labute approximate surface area is 137 Å². The number of hydrogen-bond acceptors (Lipinski definition) is 4. The normalized spacial score (nSPS) is 15.5. The molecular formula is C15H27N5OS. The smallest absolute Gasteiger partial charge is 0.234 e. The number of aryl methyl sites for hydroxylation is 1. The lowest BCUT2D eigenvalue weighted by molar-refractivity contribution is -0.123. The zero-order valence-electron chi connectivity index (χ0n) is 14.1. The van der Waals surface area contributed by atoms with Crippen LogP contribution >= 0.6 is 12.2 Å². The highest BCUT2D eigenvalue weighted by Gasteiger charge is 2.17. The molecule has 1 N–H and O–H groups in total. The van der Waals surface area contributed by atoms with Gasteiger partial charge in [0, 0.05) is 18.5 Å². The van der Waals surface area contributed by atoms with Crippen molar-refractivity contribution in [2.24, 2.45) is 0 Å². The molecule has 1 amide bonds. The Bertz CT molecular complexity index is 584. The number of nitrogens with zero attached hydrogens (tertiary/aromatic N) is 4. The molecule has 0 spiro atoms. The van der Waals surface area contributed by atoms with Crippen LogP contribution in [0.15, 0.2) is 0 Å². The maximum atomic E-state index is 12.0. The molecular weight excluding hydrogens is 298 g/mol. The van der Waals surface area contributed by atoms with Crippen LogP contribution in [0.4, 0.5) is 0 Å². The van der Waals surface area contributed by atoms with Crippen LogP contribution in [0.2, 0.25) is 0 Å². The average molecular weight is 325 g/mol. The van der Waals surface area contributed by atoms with E-state index in [1.807, 2.05) is 37.4 Å². The summed E-state index contributed by atoms with van der Waals surface area (Å²) < 4.78 is 4.74. The Hall–Kier alpha value is -1.21. The molecule has 0 aromatic carbocycles. The van der Waals surface area contributed by atoms with Gasteiger partial charge in [0.25, 0.3) is 0 Å². The van der Waals surface area contributed by atoms with Gasteiger partial charge in [-0.25, -0.2) is 4.68 Å². The van der Waals surface area contributed by atoms with Gasteiger partial charge in [-0.15, -0.1) is 0 Å². The Morgan fingerprint density at radius 2 is 2.09 bits per heavy atom. The zero-order chi connectivity index (χ0) is 16.3. The molecule has 0 bridgehead atoms. The molecule has 1 aliphatic heterocycles. The fourth-order valence-corrected chi connectivity index (χ4v) is 2.99. The van der Waals surface area contributed by atoms with E-state index >= 15 is 0 Å². The van der Waals surface area contributed by atoms with Crippen LogP contribution in [-0.4, -0.2) is 44.3 Å². The lowest BCUT2D eigenvalue weighted by atomic mass is 10.1. The number of aromatic nitrogens is 3. The Morgan fingerprint density at radius 1 is 1.36 bits per heavy atom. The van der Waals surface area contributed by atoms with E-state index in [4.69, 9.17) is 12.2 Å². The molecule has 2 rings (SSSR count). The molecule has 124 valence electrons. The molecule has 0 fully saturated rings. The molecule has 0 aliphatic carbocycles. The zero-order valence-corrected chi connectivity index (χ0v) is 14.9. The number of hydrogen-bond donors (Lipinski definition) is 1. The van der Waals surface area contributed by atoms with E-state index in [1.165, 1.54) is 12.8 Å². The third-order valence-electron chi connectivity index (χ3n) is 3.58.